The zero-order valence-electron chi connectivity index (χ0n) is 15.0. The molecule has 0 saturated carbocycles. The van der Waals surface area contributed by atoms with Gasteiger partial charge < -0.3 is 20.4 Å². The molecule has 11 nitrogen and oxygen atoms in total. The maximum Gasteiger partial charge on any atom is 0.321 e. The molecule has 0 aliphatic carbocycles. The first kappa shape index (κ1) is 22.5. The quantitative estimate of drug-likeness (QED) is 0.257. The molecule has 0 fully saturated rings. The van der Waals surface area contributed by atoms with Crippen LogP contribution in [0.1, 0.15) is 38.2 Å². The monoisotopic (exact) mass is 397 g/mol. The fourth-order valence-electron chi connectivity index (χ4n) is 3.47. The van der Waals surface area contributed by atoms with Crippen LogP contribution in [0.5, 0.6) is 0 Å². The molecule has 0 radical (unpaired) electrons. The first-order valence-corrected chi connectivity index (χ1v) is 8.11. The maximum absolute atomic E-state index is 12.0. The molecule has 1 aromatic rings. The molecule has 152 valence electrons. The number of carboxylic acid groups (broad SMARTS) is 4. The summed E-state index contributed by atoms with van der Waals surface area (Å²) < 4.78 is 0. The van der Waals surface area contributed by atoms with Crippen molar-refractivity contribution in [1.29, 1.82) is 0 Å². The fraction of sp³-hybridized carbons (Fsp3) is 0.412. The SMILES string of the molecule is CCC(C(=O)O)(C(=O)O)C(c1ccc([N+](=O)[O-])cc1)C(CC)(C(=O)O)C(=O)O. The molecule has 0 heterocycles. The van der Waals surface area contributed by atoms with E-state index >= 15 is 0 Å². The molecule has 0 aliphatic heterocycles. The van der Waals surface area contributed by atoms with E-state index in [1.165, 1.54) is 13.8 Å². The highest BCUT2D eigenvalue weighted by Crippen LogP contribution is 2.53. The number of carboxylic acids is 4. The highest BCUT2D eigenvalue weighted by Gasteiger charge is 2.65. The number of nitrogens with zero attached hydrogens (tertiary/aromatic N) is 1. The lowest BCUT2D eigenvalue weighted by Crippen LogP contribution is -2.56. The van der Waals surface area contributed by atoms with E-state index in [2.05, 4.69) is 0 Å². The minimum absolute atomic E-state index is 0.260. The zero-order valence-corrected chi connectivity index (χ0v) is 15.0. The third kappa shape index (κ3) is 3.26. The van der Waals surface area contributed by atoms with Gasteiger partial charge in [0.25, 0.3) is 5.69 Å². The smallest absolute Gasteiger partial charge is 0.321 e. The molecule has 28 heavy (non-hydrogen) atoms. The summed E-state index contributed by atoms with van der Waals surface area (Å²) in [5, 5.41) is 49.7. The summed E-state index contributed by atoms with van der Waals surface area (Å²) in [6, 6.07) is 3.82. The molecule has 0 atom stereocenters. The second-order valence-electron chi connectivity index (χ2n) is 6.15. The summed E-state index contributed by atoms with van der Waals surface area (Å²) in [5.74, 6) is -9.70. The van der Waals surface area contributed by atoms with Gasteiger partial charge in [0, 0.05) is 18.1 Å². The minimum Gasteiger partial charge on any atom is -0.480 e. The number of nitro benzene ring substituents is 1. The van der Waals surface area contributed by atoms with Crippen LogP contribution in [0.15, 0.2) is 24.3 Å². The molecule has 0 bridgehead atoms. The van der Waals surface area contributed by atoms with E-state index in [0.29, 0.717) is 0 Å². The Morgan fingerprint density at radius 2 is 1.18 bits per heavy atom. The van der Waals surface area contributed by atoms with Gasteiger partial charge in [0.1, 0.15) is 0 Å². The summed E-state index contributed by atoms with van der Waals surface area (Å²) in [6.07, 6.45) is -1.25. The van der Waals surface area contributed by atoms with Gasteiger partial charge in [0.2, 0.25) is 0 Å². The van der Waals surface area contributed by atoms with Gasteiger partial charge in [-0.1, -0.05) is 26.0 Å². The van der Waals surface area contributed by atoms with Crippen LogP contribution in [-0.2, 0) is 19.2 Å². The second kappa shape index (κ2) is 8.03. The zero-order chi connectivity index (χ0) is 21.9. The van der Waals surface area contributed by atoms with E-state index in [4.69, 9.17) is 0 Å². The summed E-state index contributed by atoms with van der Waals surface area (Å²) in [5.41, 5.74) is -6.28. The largest absolute Gasteiger partial charge is 0.480 e. The van der Waals surface area contributed by atoms with Crippen molar-refractivity contribution < 1.29 is 44.5 Å². The van der Waals surface area contributed by atoms with Crippen molar-refractivity contribution in [3.8, 4) is 0 Å². The minimum atomic E-state index is -2.80. The molecule has 0 aliphatic rings. The number of carbonyl (C=O) groups is 4. The molecule has 11 heteroatoms. The lowest BCUT2D eigenvalue weighted by atomic mass is 9.56. The van der Waals surface area contributed by atoms with Crippen LogP contribution in [0, 0.1) is 20.9 Å². The van der Waals surface area contributed by atoms with Gasteiger partial charge in [-0.05, 0) is 18.4 Å². The van der Waals surface area contributed by atoms with Crippen LogP contribution in [0.25, 0.3) is 0 Å². The Balaban J connectivity index is 4.03. The summed E-state index contributed by atoms with van der Waals surface area (Å²) in [7, 11) is 0. The van der Waals surface area contributed by atoms with E-state index in [1.807, 2.05) is 0 Å². The summed E-state index contributed by atoms with van der Waals surface area (Å²) >= 11 is 0. The molecule has 0 unspecified atom stereocenters. The topological polar surface area (TPSA) is 192 Å². The van der Waals surface area contributed by atoms with E-state index < -0.39 is 64.1 Å². The predicted octanol–water partition coefficient (Wildman–Crippen LogP) is 1.81. The third-order valence-corrected chi connectivity index (χ3v) is 5.06. The van der Waals surface area contributed by atoms with Crippen molar-refractivity contribution in [2.75, 3.05) is 0 Å². The van der Waals surface area contributed by atoms with Crippen LogP contribution in [0.2, 0.25) is 0 Å². The van der Waals surface area contributed by atoms with Crippen molar-refractivity contribution in [3.63, 3.8) is 0 Å². The average molecular weight is 397 g/mol. The lowest BCUT2D eigenvalue weighted by Gasteiger charge is -2.41. The van der Waals surface area contributed by atoms with Crippen molar-refractivity contribution >= 4 is 29.6 Å². The number of hydrogen-bond acceptors (Lipinski definition) is 6. The van der Waals surface area contributed by atoms with Crippen LogP contribution < -0.4 is 0 Å². The average Bonchev–Trinajstić information content (AvgIpc) is 2.61. The number of nitro groups is 1. The van der Waals surface area contributed by atoms with Gasteiger partial charge in [0.05, 0.1) is 4.92 Å². The third-order valence-electron chi connectivity index (χ3n) is 5.06. The highest BCUT2D eigenvalue weighted by molar-refractivity contribution is 6.05. The van der Waals surface area contributed by atoms with Crippen molar-refractivity contribution in [3.05, 3.63) is 39.9 Å². The number of aliphatic carboxylic acids is 4. The van der Waals surface area contributed by atoms with E-state index in [0.717, 1.165) is 24.3 Å². The molecule has 0 spiro atoms. The Morgan fingerprint density at radius 3 is 1.39 bits per heavy atom. The van der Waals surface area contributed by atoms with Crippen molar-refractivity contribution in [2.45, 2.75) is 32.6 Å². The summed E-state index contributed by atoms with van der Waals surface area (Å²) in [4.78, 5) is 58.2. The van der Waals surface area contributed by atoms with E-state index in [1.54, 1.807) is 0 Å². The van der Waals surface area contributed by atoms with Gasteiger partial charge in [0.15, 0.2) is 10.8 Å². The molecule has 0 aromatic heterocycles. The number of non-ortho nitro benzene ring substituents is 1. The standard InChI is InChI=1S/C17H19NO10/c1-3-16(12(19)20,13(21)22)11(17(4-2,14(23)24)15(25)26)9-5-7-10(8-6-9)18(27)28/h5-8,11H,3-4H2,1-2H3,(H,19,20)(H,21,22)(H,23,24)(H,25,26). The van der Waals surface area contributed by atoms with Crippen LogP contribution in [0.3, 0.4) is 0 Å². The molecular weight excluding hydrogens is 378 g/mol. The second-order valence-corrected chi connectivity index (χ2v) is 6.15. The Hall–Kier alpha value is -3.50. The molecule has 0 amide bonds. The van der Waals surface area contributed by atoms with Crippen molar-refractivity contribution in [1.82, 2.24) is 0 Å². The first-order valence-electron chi connectivity index (χ1n) is 8.11. The lowest BCUT2D eigenvalue weighted by molar-refractivity contribution is -0.384. The van der Waals surface area contributed by atoms with Gasteiger partial charge in [-0.25, -0.2) is 0 Å². The van der Waals surface area contributed by atoms with Crippen molar-refractivity contribution in [2.24, 2.45) is 10.8 Å². The molecular formula is C17H19NO10. The first-order chi connectivity index (χ1) is 12.9. The van der Waals surface area contributed by atoms with Crippen LogP contribution >= 0.6 is 0 Å². The van der Waals surface area contributed by atoms with E-state index in [9.17, 15) is 49.7 Å². The Kier molecular flexibility index (Phi) is 6.46. The number of rotatable bonds is 10. The Bertz CT molecular complexity index is 746. The molecule has 0 saturated heterocycles. The Morgan fingerprint density at radius 1 is 0.857 bits per heavy atom. The van der Waals surface area contributed by atoms with Gasteiger partial charge in [-0.3, -0.25) is 29.3 Å². The van der Waals surface area contributed by atoms with Gasteiger partial charge >= 0.3 is 23.9 Å². The normalized spacial score (nSPS) is 11.8. The number of benzene rings is 1. The molecule has 4 N–H and O–H groups in total. The maximum atomic E-state index is 12.0. The summed E-state index contributed by atoms with van der Waals surface area (Å²) in [6.45, 7) is 2.37. The van der Waals surface area contributed by atoms with E-state index in [-0.39, 0.29) is 5.56 Å². The molecule has 1 rings (SSSR count). The fourth-order valence-corrected chi connectivity index (χ4v) is 3.47. The Labute approximate surface area is 158 Å². The molecule has 1 aromatic carbocycles. The predicted molar refractivity (Wildman–Crippen MR) is 91.8 cm³/mol. The van der Waals surface area contributed by atoms with Crippen LogP contribution in [-0.4, -0.2) is 49.2 Å². The van der Waals surface area contributed by atoms with Crippen LogP contribution in [0.4, 0.5) is 5.69 Å². The van der Waals surface area contributed by atoms with Gasteiger partial charge in [-0.2, -0.15) is 0 Å². The van der Waals surface area contributed by atoms with Gasteiger partial charge in [-0.15, -0.1) is 0 Å². The number of hydrogen-bond donors (Lipinski definition) is 4. The highest BCUT2D eigenvalue weighted by atomic mass is 16.6.